The van der Waals surface area contributed by atoms with Gasteiger partial charge in [0.1, 0.15) is 0 Å². The fourth-order valence-electron chi connectivity index (χ4n) is 3.45. The molecule has 4 nitrogen and oxygen atoms in total. The van der Waals surface area contributed by atoms with E-state index in [4.69, 9.17) is 5.11 Å². The van der Waals surface area contributed by atoms with Gasteiger partial charge in [0, 0.05) is 19.5 Å². The average molecular weight is 253 g/mol. The van der Waals surface area contributed by atoms with Crippen molar-refractivity contribution in [3.05, 3.63) is 0 Å². The number of carboxylic acids is 1. The predicted octanol–water partition coefficient (Wildman–Crippen LogP) is 2.42. The molecule has 1 aliphatic carbocycles. The highest BCUT2D eigenvalue weighted by Gasteiger charge is 2.37. The van der Waals surface area contributed by atoms with E-state index in [9.17, 15) is 9.59 Å². The van der Waals surface area contributed by atoms with Crippen LogP contribution in [0.3, 0.4) is 0 Å². The second-order valence-corrected chi connectivity index (χ2v) is 5.90. The minimum Gasteiger partial charge on any atom is -0.481 e. The molecule has 1 saturated carbocycles. The average Bonchev–Trinajstić information content (AvgIpc) is 2.32. The summed E-state index contributed by atoms with van der Waals surface area (Å²) in [6, 6.07) is 0. The summed E-state index contributed by atoms with van der Waals surface area (Å²) in [5, 5.41) is 9.12. The van der Waals surface area contributed by atoms with Crippen LogP contribution in [0.2, 0.25) is 0 Å². The number of likely N-dealkylation sites (tertiary alicyclic amines) is 1. The maximum Gasteiger partial charge on any atom is 0.303 e. The number of amides is 1. The van der Waals surface area contributed by atoms with Crippen LogP contribution in [-0.2, 0) is 9.59 Å². The summed E-state index contributed by atoms with van der Waals surface area (Å²) in [6.07, 6.45) is 8.25. The summed E-state index contributed by atoms with van der Waals surface area (Å²) in [7, 11) is 0. The van der Waals surface area contributed by atoms with Crippen molar-refractivity contribution in [3.63, 3.8) is 0 Å². The normalized spacial score (nSPS) is 24.0. The molecule has 0 bridgehead atoms. The Bertz CT molecular complexity index is 321. The Morgan fingerprint density at radius 1 is 1.17 bits per heavy atom. The smallest absolute Gasteiger partial charge is 0.303 e. The SMILES string of the molecule is O=C(O)CC1(CN2CCCCC2=O)CCCCC1. The number of aliphatic carboxylic acids is 1. The van der Waals surface area contributed by atoms with Gasteiger partial charge in [-0.05, 0) is 31.1 Å². The predicted molar refractivity (Wildman–Crippen MR) is 68.2 cm³/mol. The summed E-state index contributed by atoms with van der Waals surface area (Å²) >= 11 is 0. The molecular weight excluding hydrogens is 230 g/mol. The Balaban J connectivity index is 2.03. The van der Waals surface area contributed by atoms with Crippen LogP contribution >= 0.6 is 0 Å². The lowest BCUT2D eigenvalue weighted by Crippen LogP contribution is -2.45. The number of nitrogens with zero attached hydrogens (tertiary/aromatic N) is 1. The van der Waals surface area contributed by atoms with E-state index >= 15 is 0 Å². The Kier molecular flexibility index (Phi) is 4.25. The molecular formula is C14H23NO3. The van der Waals surface area contributed by atoms with Crippen LogP contribution in [-0.4, -0.2) is 35.0 Å². The standard InChI is InChI=1S/C14H23NO3/c16-12-6-2-5-9-15(12)11-14(10-13(17)18)7-3-1-4-8-14/h1-11H2,(H,17,18). The van der Waals surface area contributed by atoms with Crippen LogP contribution in [0.5, 0.6) is 0 Å². The molecule has 4 heteroatoms. The first kappa shape index (κ1) is 13.4. The van der Waals surface area contributed by atoms with Gasteiger partial charge in [-0.3, -0.25) is 9.59 Å². The van der Waals surface area contributed by atoms with Crippen molar-refractivity contribution in [2.45, 2.75) is 57.8 Å². The van der Waals surface area contributed by atoms with Crippen LogP contribution < -0.4 is 0 Å². The molecule has 1 saturated heterocycles. The van der Waals surface area contributed by atoms with E-state index in [0.29, 0.717) is 13.0 Å². The number of carbonyl (C=O) groups is 2. The quantitative estimate of drug-likeness (QED) is 0.837. The molecule has 0 aromatic heterocycles. The maximum absolute atomic E-state index is 11.9. The third-order valence-corrected chi connectivity index (χ3v) is 4.39. The van der Waals surface area contributed by atoms with Gasteiger partial charge in [0.25, 0.3) is 0 Å². The van der Waals surface area contributed by atoms with Gasteiger partial charge in [-0.15, -0.1) is 0 Å². The first-order valence-electron chi connectivity index (χ1n) is 7.11. The van der Waals surface area contributed by atoms with E-state index in [2.05, 4.69) is 0 Å². The minimum atomic E-state index is -0.721. The van der Waals surface area contributed by atoms with E-state index in [1.165, 1.54) is 6.42 Å². The van der Waals surface area contributed by atoms with Crippen LogP contribution in [0.15, 0.2) is 0 Å². The van der Waals surface area contributed by atoms with Crippen molar-refractivity contribution in [3.8, 4) is 0 Å². The van der Waals surface area contributed by atoms with Gasteiger partial charge in [-0.2, -0.15) is 0 Å². The van der Waals surface area contributed by atoms with E-state index in [0.717, 1.165) is 45.1 Å². The van der Waals surface area contributed by atoms with Crippen molar-refractivity contribution in [2.75, 3.05) is 13.1 Å². The fourth-order valence-corrected chi connectivity index (χ4v) is 3.45. The highest BCUT2D eigenvalue weighted by molar-refractivity contribution is 5.77. The summed E-state index contributed by atoms with van der Waals surface area (Å²) in [6.45, 7) is 1.48. The molecule has 0 spiro atoms. The number of piperidine rings is 1. The molecule has 2 rings (SSSR count). The molecule has 0 atom stereocenters. The Morgan fingerprint density at radius 3 is 2.50 bits per heavy atom. The molecule has 0 aromatic rings. The Hall–Kier alpha value is -1.06. The van der Waals surface area contributed by atoms with Crippen molar-refractivity contribution < 1.29 is 14.7 Å². The van der Waals surface area contributed by atoms with E-state index < -0.39 is 5.97 Å². The van der Waals surface area contributed by atoms with Crippen LogP contribution in [0.25, 0.3) is 0 Å². The third-order valence-electron chi connectivity index (χ3n) is 4.39. The first-order valence-corrected chi connectivity index (χ1v) is 7.11. The fraction of sp³-hybridized carbons (Fsp3) is 0.857. The van der Waals surface area contributed by atoms with Gasteiger partial charge in [-0.1, -0.05) is 19.3 Å². The molecule has 1 N–H and O–H groups in total. The third kappa shape index (κ3) is 3.24. The summed E-state index contributed by atoms with van der Waals surface area (Å²) in [5.74, 6) is -0.502. The van der Waals surface area contributed by atoms with Gasteiger partial charge >= 0.3 is 5.97 Å². The zero-order valence-corrected chi connectivity index (χ0v) is 11.0. The van der Waals surface area contributed by atoms with Crippen molar-refractivity contribution in [1.82, 2.24) is 4.90 Å². The largest absolute Gasteiger partial charge is 0.481 e. The molecule has 2 fully saturated rings. The molecule has 0 aromatic carbocycles. The highest BCUT2D eigenvalue weighted by Crippen LogP contribution is 2.40. The van der Waals surface area contributed by atoms with Gasteiger partial charge in [0.15, 0.2) is 0 Å². The minimum absolute atomic E-state index is 0.156. The monoisotopic (exact) mass is 253 g/mol. The molecule has 2 aliphatic rings. The molecule has 1 aliphatic heterocycles. The lowest BCUT2D eigenvalue weighted by atomic mass is 9.71. The second-order valence-electron chi connectivity index (χ2n) is 5.90. The van der Waals surface area contributed by atoms with Gasteiger partial charge in [0.2, 0.25) is 5.91 Å². The summed E-state index contributed by atoms with van der Waals surface area (Å²) in [5.41, 5.74) is -0.156. The first-order chi connectivity index (χ1) is 8.61. The van der Waals surface area contributed by atoms with Gasteiger partial charge in [-0.25, -0.2) is 0 Å². The van der Waals surface area contributed by atoms with Crippen LogP contribution in [0.1, 0.15) is 57.8 Å². The molecule has 0 radical (unpaired) electrons. The van der Waals surface area contributed by atoms with Gasteiger partial charge < -0.3 is 10.0 Å². The maximum atomic E-state index is 11.9. The van der Waals surface area contributed by atoms with Crippen LogP contribution in [0.4, 0.5) is 0 Å². The lowest BCUT2D eigenvalue weighted by molar-refractivity contribution is -0.144. The number of carbonyl (C=O) groups excluding carboxylic acids is 1. The zero-order valence-electron chi connectivity index (χ0n) is 11.0. The van der Waals surface area contributed by atoms with Crippen LogP contribution in [0, 0.1) is 5.41 Å². The van der Waals surface area contributed by atoms with E-state index in [1.54, 1.807) is 0 Å². The highest BCUT2D eigenvalue weighted by atomic mass is 16.4. The molecule has 102 valence electrons. The van der Waals surface area contributed by atoms with E-state index in [-0.39, 0.29) is 17.7 Å². The summed E-state index contributed by atoms with van der Waals surface area (Å²) in [4.78, 5) is 24.9. The zero-order chi connectivity index (χ0) is 13.0. The molecule has 18 heavy (non-hydrogen) atoms. The number of hydrogen-bond acceptors (Lipinski definition) is 2. The Morgan fingerprint density at radius 2 is 1.89 bits per heavy atom. The number of hydrogen-bond donors (Lipinski definition) is 1. The molecule has 1 amide bonds. The molecule has 0 unspecified atom stereocenters. The molecule has 1 heterocycles. The topological polar surface area (TPSA) is 57.6 Å². The number of rotatable bonds is 4. The second kappa shape index (κ2) is 5.72. The van der Waals surface area contributed by atoms with Crippen molar-refractivity contribution >= 4 is 11.9 Å². The Labute approximate surface area is 108 Å². The van der Waals surface area contributed by atoms with E-state index in [1.807, 2.05) is 4.90 Å². The van der Waals surface area contributed by atoms with Crippen molar-refractivity contribution in [2.24, 2.45) is 5.41 Å². The van der Waals surface area contributed by atoms with Crippen molar-refractivity contribution in [1.29, 1.82) is 0 Å². The summed E-state index contributed by atoms with van der Waals surface area (Å²) < 4.78 is 0. The lowest BCUT2D eigenvalue weighted by Gasteiger charge is -2.41. The van der Waals surface area contributed by atoms with Gasteiger partial charge in [0.05, 0.1) is 6.42 Å². The number of carboxylic acid groups (broad SMARTS) is 1.